The smallest absolute Gasteiger partial charge is 0.274 e. The van der Waals surface area contributed by atoms with Gasteiger partial charge in [0.15, 0.2) is 0 Å². The summed E-state index contributed by atoms with van der Waals surface area (Å²) in [6.07, 6.45) is 3.74. The molecule has 0 unspecified atom stereocenters. The Morgan fingerprint density at radius 1 is 1.22 bits per heavy atom. The van der Waals surface area contributed by atoms with Crippen LogP contribution in [0.2, 0.25) is 0 Å². The largest absolute Gasteiger partial charge is 0.333 e. The van der Waals surface area contributed by atoms with Crippen LogP contribution in [0.4, 0.5) is 0 Å². The van der Waals surface area contributed by atoms with Crippen LogP contribution in [-0.4, -0.2) is 47.8 Å². The van der Waals surface area contributed by atoms with Crippen molar-refractivity contribution in [2.24, 2.45) is 0 Å². The van der Waals surface area contributed by atoms with Crippen LogP contribution >= 0.6 is 0 Å². The zero-order chi connectivity index (χ0) is 19.7. The number of aromatic nitrogens is 6. The van der Waals surface area contributed by atoms with E-state index < -0.39 is 0 Å². The van der Waals surface area contributed by atoms with E-state index in [0.29, 0.717) is 18.2 Å². The number of imidazole rings is 1. The van der Waals surface area contributed by atoms with Crippen molar-refractivity contribution >= 4 is 5.91 Å². The van der Waals surface area contributed by atoms with Gasteiger partial charge in [-0.3, -0.25) is 15.0 Å². The topological polar surface area (TPSA) is 95.5 Å². The van der Waals surface area contributed by atoms with Gasteiger partial charge >= 0.3 is 0 Å². The average Bonchev–Trinajstić information content (AvgIpc) is 3.34. The van der Waals surface area contributed by atoms with Crippen molar-refractivity contribution in [2.75, 3.05) is 7.05 Å². The lowest BCUT2D eigenvalue weighted by Gasteiger charge is -2.24. The van der Waals surface area contributed by atoms with E-state index in [1.807, 2.05) is 33.0 Å². The molecule has 8 nitrogen and oxygen atoms in total. The zero-order valence-corrected chi connectivity index (χ0v) is 16.7. The van der Waals surface area contributed by atoms with Crippen LogP contribution in [0.5, 0.6) is 0 Å². The number of carbonyl (C=O) groups excluding carboxylic acids is 1. The Morgan fingerprint density at radius 2 is 1.96 bits per heavy atom. The molecule has 0 spiro atoms. The fraction of sp³-hybridized carbons (Fsp3) is 0.474. The van der Waals surface area contributed by atoms with Crippen molar-refractivity contribution in [2.45, 2.75) is 53.1 Å². The Labute approximate surface area is 159 Å². The molecule has 3 aromatic rings. The van der Waals surface area contributed by atoms with E-state index in [1.54, 1.807) is 18.1 Å². The van der Waals surface area contributed by atoms with E-state index in [2.05, 4.69) is 43.8 Å². The van der Waals surface area contributed by atoms with E-state index in [1.165, 1.54) is 0 Å². The maximum Gasteiger partial charge on any atom is 0.274 e. The maximum absolute atomic E-state index is 12.9. The van der Waals surface area contributed by atoms with Crippen molar-refractivity contribution in [3.63, 3.8) is 0 Å². The fourth-order valence-corrected chi connectivity index (χ4v) is 3.42. The molecule has 3 aromatic heterocycles. The molecule has 0 aromatic carbocycles. The third-order valence-corrected chi connectivity index (χ3v) is 4.96. The van der Waals surface area contributed by atoms with Crippen molar-refractivity contribution in [1.29, 1.82) is 0 Å². The second-order valence-corrected chi connectivity index (χ2v) is 7.29. The summed E-state index contributed by atoms with van der Waals surface area (Å²) in [5.41, 5.74) is 4.20. The first-order chi connectivity index (χ1) is 12.8. The van der Waals surface area contributed by atoms with Gasteiger partial charge in [-0.15, -0.1) is 0 Å². The molecule has 2 N–H and O–H groups in total. The van der Waals surface area contributed by atoms with E-state index in [-0.39, 0.29) is 11.9 Å². The zero-order valence-electron chi connectivity index (χ0n) is 16.7. The normalized spacial score (nSPS) is 12.6. The number of hydrogen-bond donors (Lipinski definition) is 2. The van der Waals surface area contributed by atoms with Crippen LogP contribution < -0.4 is 0 Å². The molecule has 0 saturated carbocycles. The Kier molecular flexibility index (Phi) is 5.16. The van der Waals surface area contributed by atoms with E-state index in [9.17, 15) is 4.79 Å². The van der Waals surface area contributed by atoms with E-state index >= 15 is 0 Å². The molecule has 0 bridgehead atoms. The Bertz CT molecular complexity index is 914. The molecule has 0 aliphatic heterocycles. The molecule has 1 atom stereocenters. The monoisotopic (exact) mass is 369 g/mol. The number of aryl methyl sites for hydroxylation is 2. The summed E-state index contributed by atoms with van der Waals surface area (Å²) in [5.74, 6) is 1.21. The average molecular weight is 369 g/mol. The predicted molar refractivity (Wildman–Crippen MR) is 103 cm³/mol. The Balaban J connectivity index is 1.75. The third-order valence-electron chi connectivity index (χ3n) is 4.96. The van der Waals surface area contributed by atoms with Gasteiger partial charge in [-0.25, -0.2) is 4.98 Å². The molecule has 3 heterocycles. The first kappa shape index (κ1) is 18.9. The molecule has 0 aliphatic carbocycles. The Morgan fingerprint density at radius 3 is 2.59 bits per heavy atom. The summed E-state index contributed by atoms with van der Waals surface area (Å²) >= 11 is 0. The highest BCUT2D eigenvalue weighted by Gasteiger charge is 2.24. The highest BCUT2D eigenvalue weighted by molar-refractivity contribution is 5.92. The molecular formula is C19H27N7O. The number of nitrogens with zero attached hydrogens (tertiary/aromatic N) is 5. The maximum atomic E-state index is 12.9. The van der Waals surface area contributed by atoms with E-state index in [0.717, 1.165) is 28.5 Å². The summed E-state index contributed by atoms with van der Waals surface area (Å²) in [5, 5.41) is 14.4. The number of nitrogens with one attached hydrogen (secondary N) is 2. The lowest BCUT2D eigenvalue weighted by Crippen LogP contribution is -2.30. The van der Waals surface area contributed by atoms with Crippen molar-refractivity contribution in [3.8, 4) is 0 Å². The highest BCUT2D eigenvalue weighted by Crippen LogP contribution is 2.25. The van der Waals surface area contributed by atoms with Gasteiger partial charge in [0.25, 0.3) is 5.91 Å². The first-order valence-electron chi connectivity index (χ1n) is 9.13. The van der Waals surface area contributed by atoms with Gasteiger partial charge in [0.05, 0.1) is 24.0 Å². The van der Waals surface area contributed by atoms with Gasteiger partial charge in [0.1, 0.15) is 11.5 Å². The second-order valence-electron chi connectivity index (χ2n) is 7.29. The molecule has 0 fully saturated rings. The summed E-state index contributed by atoms with van der Waals surface area (Å²) < 4.78 is 2.07. The molecule has 3 rings (SSSR count). The number of hydrogen-bond acceptors (Lipinski definition) is 4. The second kappa shape index (κ2) is 7.38. The summed E-state index contributed by atoms with van der Waals surface area (Å²) in [4.78, 5) is 19.0. The minimum atomic E-state index is -0.125. The molecule has 1 amide bonds. The minimum Gasteiger partial charge on any atom is -0.333 e. The van der Waals surface area contributed by atoms with Crippen molar-refractivity contribution < 1.29 is 4.79 Å². The number of carbonyl (C=O) groups is 1. The summed E-state index contributed by atoms with van der Waals surface area (Å²) in [6, 6.07) is 1.71. The molecular weight excluding hydrogens is 342 g/mol. The summed E-state index contributed by atoms with van der Waals surface area (Å²) in [7, 11) is 1.79. The van der Waals surface area contributed by atoms with E-state index in [4.69, 9.17) is 0 Å². The number of H-pyrrole nitrogens is 2. The quantitative estimate of drug-likeness (QED) is 0.698. The van der Waals surface area contributed by atoms with Crippen LogP contribution in [0.25, 0.3) is 0 Å². The minimum absolute atomic E-state index is 0.0995. The SMILES string of the molecule is Cc1n[nH]c(C)c1[C@H](C)N(C)C(=O)c1cc(Cn2ccnc2C(C)C)[nH]n1. The van der Waals surface area contributed by atoms with Crippen LogP contribution in [-0.2, 0) is 6.54 Å². The van der Waals surface area contributed by atoms with Gasteiger partial charge in [-0.05, 0) is 26.8 Å². The standard InChI is InChI=1S/C19H27N7O/c1-11(2)18-20-7-8-26(18)10-15-9-16(24-23-15)19(27)25(6)14(5)17-12(3)21-22-13(17)4/h7-9,11,14H,10H2,1-6H3,(H,21,22)(H,23,24)/t14-/m0/s1. The molecule has 0 radical (unpaired) electrons. The van der Waals surface area contributed by atoms with Gasteiger partial charge in [0, 0.05) is 36.6 Å². The third kappa shape index (κ3) is 3.65. The van der Waals surface area contributed by atoms with Gasteiger partial charge in [-0.1, -0.05) is 13.8 Å². The highest BCUT2D eigenvalue weighted by atomic mass is 16.2. The molecule has 27 heavy (non-hydrogen) atoms. The lowest BCUT2D eigenvalue weighted by molar-refractivity contribution is 0.0736. The van der Waals surface area contributed by atoms with Crippen molar-refractivity contribution in [1.82, 2.24) is 34.8 Å². The molecule has 8 heteroatoms. The molecule has 0 aliphatic rings. The molecule has 144 valence electrons. The summed E-state index contributed by atoms with van der Waals surface area (Å²) in [6.45, 7) is 10.7. The lowest BCUT2D eigenvalue weighted by atomic mass is 10.1. The van der Waals surface area contributed by atoms with Crippen LogP contribution in [0.3, 0.4) is 0 Å². The van der Waals surface area contributed by atoms with Crippen LogP contribution in [0.1, 0.15) is 71.7 Å². The van der Waals surface area contributed by atoms with Crippen LogP contribution in [0, 0.1) is 13.8 Å². The van der Waals surface area contributed by atoms with Crippen LogP contribution in [0.15, 0.2) is 18.5 Å². The Hall–Kier alpha value is -2.90. The van der Waals surface area contributed by atoms with Gasteiger partial charge in [-0.2, -0.15) is 10.2 Å². The molecule has 0 saturated heterocycles. The van der Waals surface area contributed by atoms with Gasteiger partial charge in [0.2, 0.25) is 0 Å². The first-order valence-corrected chi connectivity index (χ1v) is 9.13. The van der Waals surface area contributed by atoms with Gasteiger partial charge < -0.3 is 9.47 Å². The fourth-order valence-electron chi connectivity index (χ4n) is 3.42. The number of rotatable bonds is 6. The van der Waals surface area contributed by atoms with Crippen molar-refractivity contribution in [3.05, 3.63) is 52.6 Å². The number of aromatic amines is 2. The predicted octanol–water partition coefficient (Wildman–Crippen LogP) is 2.95. The number of amides is 1.